The molecule has 4 heteroatoms. The maximum Gasteiger partial charge on any atom is 0.162 e. The van der Waals surface area contributed by atoms with Crippen LogP contribution in [0.1, 0.15) is 37.1 Å². The van der Waals surface area contributed by atoms with E-state index in [-0.39, 0.29) is 0 Å². The van der Waals surface area contributed by atoms with E-state index in [4.69, 9.17) is 9.26 Å². The molecule has 1 aromatic heterocycles. The van der Waals surface area contributed by atoms with Gasteiger partial charge in [0.05, 0.1) is 5.69 Å². The highest BCUT2D eigenvalue weighted by Gasteiger charge is 2.20. The van der Waals surface area contributed by atoms with Crippen molar-refractivity contribution in [3.63, 3.8) is 0 Å². The second-order valence-electron chi connectivity index (χ2n) is 4.42. The number of unbranched alkanes of at least 4 members (excludes halogenated alkanes) is 1. The molecule has 0 spiro atoms. The third-order valence-corrected chi connectivity index (χ3v) is 2.70. The van der Waals surface area contributed by atoms with Crippen molar-refractivity contribution in [1.29, 1.82) is 0 Å². The van der Waals surface area contributed by atoms with Gasteiger partial charge in [-0.2, -0.15) is 0 Å². The lowest BCUT2D eigenvalue weighted by molar-refractivity contribution is 0.0995. The van der Waals surface area contributed by atoms with Gasteiger partial charge in [0.2, 0.25) is 0 Å². The molecule has 0 bridgehead atoms. The molecule has 0 unspecified atom stereocenters. The van der Waals surface area contributed by atoms with Crippen LogP contribution in [0.15, 0.2) is 23.2 Å². The Morgan fingerprint density at radius 3 is 3.24 bits per heavy atom. The van der Waals surface area contributed by atoms with Gasteiger partial charge in [-0.15, -0.1) is 6.58 Å². The zero-order chi connectivity index (χ0) is 11.9. The lowest BCUT2D eigenvalue weighted by Crippen LogP contribution is -2.15. The number of allylic oxidation sites excluding steroid dienone is 1. The van der Waals surface area contributed by atoms with Crippen LogP contribution in [0.2, 0.25) is 0 Å². The summed E-state index contributed by atoms with van der Waals surface area (Å²) in [5.74, 6) is 0.802. The standard InChI is InChI=1S/C13H20N2O2/c1-2-3-4-7-16-10-13-8-12(15-17-13)9-14-11-5-6-11/h2,8,11,14H,1,3-7,9-10H2. The molecule has 4 nitrogen and oxygen atoms in total. The average molecular weight is 236 g/mol. The minimum atomic E-state index is 0.508. The first-order valence-corrected chi connectivity index (χ1v) is 6.25. The van der Waals surface area contributed by atoms with Gasteiger partial charge >= 0.3 is 0 Å². The lowest BCUT2D eigenvalue weighted by Gasteiger charge is -1.98. The summed E-state index contributed by atoms with van der Waals surface area (Å²) in [5.41, 5.74) is 0.960. The predicted octanol–water partition coefficient (Wildman–Crippen LogP) is 2.41. The van der Waals surface area contributed by atoms with Gasteiger partial charge in [-0.3, -0.25) is 0 Å². The van der Waals surface area contributed by atoms with E-state index in [0.29, 0.717) is 12.6 Å². The molecule has 0 aromatic carbocycles. The van der Waals surface area contributed by atoms with Gasteiger partial charge in [0.25, 0.3) is 0 Å². The monoisotopic (exact) mass is 236 g/mol. The molecule has 1 aliphatic rings. The molecular formula is C13H20N2O2. The highest BCUT2D eigenvalue weighted by Crippen LogP contribution is 2.19. The van der Waals surface area contributed by atoms with E-state index in [1.54, 1.807) is 0 Å². The van der Waals surface area contributed by atoms with Crippen LogP contribution in [-0.2, 0) is 17.9 Å². The van der Waals surface area contributed by atoms with Crippen molar-refractivity contribution >= 4 is 0 Å². The van der Waals surface area contributed by atoms with Crippen LogP contribution in [0.25, 0.3) is 0 Å². The van der Waals surface area contributed by atoms with Crippen molar-refractivity contribution in [1.82, 2.24) is 10.5 Å². The van der Waals surface area contributed by atoms with E-state index in [2.05, 4.69) is 17.1 Å². The number of rotatable bonds is 9. The maximum atomic E-state index is 5.47. The zero-order valence-corrected chi connectivity index (χ0v) is 10.2. The van der Waals surface area contributed by atoms with Crippen molar-refractivity contribution in [2.75, 3.05) is 6.61 Å². The summed E-state index contributed by atoms with van der Waals surface area (Å²) >= 11 is 0. The molecule has 1 aliphatic carbocycles. The molecule has 1 heterocycles. The van der Waals surface area contributed by atoms with Gasteiger partial charge in [0.1, 0.15) is 6.61 Å². The van der Waals surface area contributed by atoms with Crippen molar-refractivity contribution in [2.45, 2.75) is 44.9 Å². The molecule has 1 fully saturated rings. The Balaban J connectivity index is 1.61. The van der Waals surface area contributed by atoms with Gasteiger partial charge in [-0.1, -0.05) is 11.2 Å². The van der Waals surface area contributed by atoms with Crippen LogP contribution in [0.4, 0.5) is 0 Å². The summed E-state index contributed by atoms with van der Waals surface area (Å²) < 4.78 is 10.7. The Morgan fingerprint density at radius 2 is 2.47 bits per heavy atom. The van der Waals surface area contributed by atoms with Crippen molar-refractivity contribution in [3.8, 4) is 0 Å². The molecule has 0 atom stereocenters. The van der Waals surface area contributed by atoms with E-state index < -0.39 is 0 Å². The van der Waals surface area contributed by atoms with Gasteiger partial charge in [-0.25, -0.2) is 0 Å². The zero-order valence-electron chi connectivity index (χ0n) is 10.2. The van der Waals surface area contributed by atoms with Gasteiger partial charge in [0, 0.05) is 25.3 Å². The molecular weight excluding hydrogens is 216 g/mol. The number of hydrogen-bond acceptors (Lipinski definition) is 4. The van der Waals surface area contributed by atoms with E-state index in [9.17, 15) is 0 Å². The largest absolute Gasteiger partial charge is 0.373 e. The van der Waals surface area contributed by atoms with Crippen molar-refractivity contribution in [2.24, 2.45) is 0 Å². The molecule has 17 heavy (non-hydrogen) atoms. The van der Waals surface area contributed by atoms with Crippen LogP contribution in [0.3, 0.4) is 0 Å². The predicted molar refractivity (Wildman–Crippen MR) is 65.5 cm³/mol. The Labute approximate surface area is 102 Å². The topological polar surface area (TPSA) is 47.3 Å². The van der Waals surface area contributed by atoms with Gasteiger partial charge < -0.3 is 14.6 Å². The SMILES string of the molecule is C=CCCCOCc1cc(CNC2CC2)no1. The fourth-order valence-corrected chi connectivity index (χ4v) is 1.55. The number of aromatic nitrogens is 1. The Morgan fingerprint density at radius 1 is 1.59 bits per heavy atom. The minimum absolute atomic E-state index is 0.508. The minimum Gasteiger partial charge on any atom is -0.373 e. The smallest absolute Gasteiger partial charge is 0.162 e. The Hall–Kier alpha value is -1.13. The molecule has 2 rings (SSSR count). The fraction of sp³-hybridized carbons (Fsp3) is 0.615. The summed E-state index contributed by atoms with van der Waals surface area (Å²) in [6, 6.07) is 2.66. The maximum absolute atomic E-state index is 5.47. The second kappa shape index (κ2) is 6.57. The van der Waals surface area contributed by atoms with Crippen LogP contribution in [0, 0.1) is 0 Å². The van der Waals surface area contributed by atoms with Crippen LogP contribution in [-0.4, -0.2) is 17.8 Å². The summed E-state index contributed by atoms with van der Waals surface area (Å²) in [6.45, 7) is 5.71. The molecule has 0 amide bonds. The molecule has 1 aromatic rings. The normalized spacial score (nSPS) is 15.1. The highest BCUT2D eigenvalue weighted by atomic mass is 16.5. The summed E-state index contributed by atoms with van der Waals surface area (Å²) in [5, 5.41) is 7.39. The molecule has 94 valence electrons. The van der Waals surface area contributed by atoms with Crippen molar-refractivity contribution in [3.05, 3.63) is 30.2 Å². The first kappa shape index (κ1) is 12.3. The number of nitrogens with zero attached hydrogens (tertiary/aromatic N) is 1. The van der Waals surface area contributed by atoms with Crippen LogP contribution in [0.5, 0.6) is 0 Å². The molecule has 1 saturated carbocycles. The highest BCUT2D eigenvalue weighted by molar-refractivity contribution is 5.04. The lowest BCUT2D eigenvalue weighted by atomic mass is 10.3. The molecule has 0 aliphatic heterocycles. The second-order valence-corrected chi connectivity index (χ2v) is 4.42. The summed E-state index contributed by atoms with van der Waals surface area (Å²) in [6.07, 6.45) is 6.48. The Kier molecular flexibility index (Phi) is 4.76. The van der Waals surface area contributed by atoms with Gasteiger partial charge in [0.15, 0.2) is 5.76 Å². The fourth-order valence-electron chi connectivity index (χ4n) is 1.55. The van der Waals surface area contributed by atoms with Gasteiger partial charge in [-0.05, 0) is 25.7 Å². The number of ether oxygens (including phenoxy) is 1. The average Bonchev–Trinajstić information content (AvgIpc) is 3.06. The number of hydrogen-bond donors (Lipinski definition) is 1. The van der Waals surface area contributed by atoms with Crippen LogP contribution < -0.4 is 5.32 Å². The van der Waals surface area contributed by atoms with E-state index >= 15 is 0 Å². The summed E-state index contributed by atoms with van der Waals surface area (Å²) in [4.78, 5) is 0. The van der Waals surface area contributed by atoms with E-state index in [0.717, 1.165) is 37.4 Å². The first-order valence-electron chi connectivity index (χ1n) is 6.25. The summed E-state index contributed by atoms with van der Waals surface area (Å²) in [7, 11) is 0. The first-order chi connectivity index (χ1) is 8.38. The third kappa shape index (κ3) is 4.71. The molecule has 1 N–H and O–H groups in total. The van der Waals surface area contributed by atoms with Crippen molar-refractivity contribution < 1.29 is 9.26 Å². The number of nitrogens with one attached hydrogen (secondary N) is 1. The quantitative estimate of drug-likeness (QED) is 0.528. The van der Waals surface area contributed by atoms with E-state index in [1.807, 2.05) is 12.1 Å². The molecule has 0 saturated heterocycles. The molecule has 0 radical (unpaired) electrons. The third-order valence-electron chi connectivity index (χ3n) is 2.70. The van der Waals surface area contributed by atoms with E-state index in [1.165, 1.54) is 12.8 Å². The van der Waals surface area contributed by atoms with Crippen LogP contribution >= 0.6 is 0 Å². The Bertz CT molecular complexity index is 345.